The zero-order chi connectivity index (χ0) is 27.8. The van der Waals surface area contributed by atoms with Crippen molar-refractivity contribution in [1.29, 1.82) is 0 Å². The molecule has 0 spiro atoms. The molecule has 1 aromatic carbocycles. The Kier molecular flexibility index (Phi) is 7.86. The van der Waals surface area contributed by atoms with Gasteiger partial charge in [0.25, 0.3) is 5.91 Å². The molecule has 4 rings (SSSR count). The average Bonchev–Trinajstić information content (AvgIpc) is 3.41. The third kappa shape index (κ3) is 6.03. The Morgan fingerprint density at radius 2 is 1.76 bits per heavy atom. The van der Waals surface area contributed by atoms with Crippen LogP contribution in [0.25, 0.3) is 0 Å². The van der Waals surface area contributed by atoms with Crippen LogP contribution in [0.1, 0.15) is 36.8 Å². The minimum Gasteiger partial charge on any atom is -0.443 e. The Morgan fingerprint density at radius 3 is 2.34 bits per heavy atom. The second-order valence-electron chi connectivity index (χ2n) is 10.1. The first-order chi connectivity index (χ1) is 17.8. The number of anilines is 1. The van der Waals surface area contributed by atoms with Gasteiger partial charge in [0.15, 0.2) is 0 Å². The van der Waals surface area contributed by atoms with Gasteiger partial charge in [-0.05, 0) is 35.4 Å². The van der Waals surface area contributed by atoms with E-state index in [-0.39, 0.29) is 28.9 Å². The number of amides is 3. The minimum absolute atomic E-state index is 0.124. The summed E-state index contributed by atoms with van der Waals surface area (Å²) in [7, 11) is -1.99. The number of nitrogens with two attached hydrogens (primary N) is 1. The number of hydrogen-bond acceptors (Lipinski definition) is 6. The molecule has 0 bridgehead atoms. The van der Waals surface area contributed by atoms with E-state index in [0.717, 1.165) is 17.2 Å². The van der Waals surface area contributed by atoms with Crippen LogP contribution < -0.4 is 10.5 Å². The number of carbonyl (C=O) groups is 3. The maximum Gasteiger partial charge on any atom is 0.410 e. The predicted octanol–water partition coefficient (Wildman–Crippen LogP) is 3.24. The van der Waals surface area contributed by atoms with Gasteiger partial charge in [-0.25, -0.2) is 18.5 Å². The fraction of sp³-hybridized carbons (Fsp3) is 0.360. The SMILES string of the molecule is CC(C)(C)C(=O)Nc1cc(Cl)cnc1COC(=O)N1CC2=C(C1)CN(C(=O)c1ccc(S(N)=O)c(F)c1)C2. The van der Waals surface area contributed by atoms with Crippen LogP contribution >= 0.6 is 11.6 Å². The van der Waals surface area contributed by atoms with Crippen LogP contribution in [0.3, 0.4) is 0 Å². The fourth-order valence-corrected chi connectivity index (χ4v) is 4.67. The number of benzene rings is 1. The monoisotopic (exact) mass is 563 g/mol. The van der Waals surface area contributed by atoms with E-state index >= 15 is 0 Å². The van der Waals surface area contributed by atoms with Crippen molar-refractivity contribution in [1.82, 2.24) is 14.8 Å². The summed E-state index contributed by atoms with van der Waals surface area (Å²) in [6.45, 7) is 6.32. The van der Waals surface area contributed by atoms with Crippen LogP contribution in [-0.4, -0.2) is 63.1 Å². The molecule has 10 nitrogen and oxygen atoms in total. The van der Waals surface area contributed by atoms with Gasteiger partial charge in [-0.2, -0.15) is 0 Å². The van der Waals surface area contributed by atoms with E-state index in [1.165, 1.54) is 23.2 Å². The van der Waals surface area contributed by atoms with Gasteiger partial charge in [0.05, 0.1) is 15.6 Å². The van der Waals surface area contributed by atoms with Crippen LogP contribution in [-0.2, 0) is 27.1 Å². The van der Waals surface area contributed by atoms with Gasteiger partial charge < -0.3 is 19.9 Å². The largest absolute Gasteiger partial charge is 0.443 e. The smallest absolute Gasteiger partial charge is 0.410 e. The molecular weight excluding hydrogens is 537 g/mol. The van der Waals surface area contributed by atoms with Gasteiger partial charge >= 0.3 is 6.09 Å². The molecule has 1 aromatic heterocycles. The second-order valence-corrected chi connectivity index (χ2v) is 11.5. The third-order valence-electron chi connectivity index (χ3n) is 6.17. The molecule has 1 atom stereocenters. The van der Waals surface area contributed by atoms with Crippen molar-refractivity contribution < 1.29 is 27.7 Å². The summed E-state index contributed by atoms with van der Waals surface area (Å²) in [6.07, 6.45) is 0.846. The van der Waals surface area contributed by atoms with E-state index < -0.39 is 28.3 Å². The molecule has 0 saturated heterocycles. The zero-order valence-electron chi connectivity index (χ0n) is 21.0. The first kappa shape index (κ1) is 27.7. The molecule has 3 N–H and O–H groups in total. The molecular formula is C25H27ClFN5O5S. The van der Waals surface area contributed by atoms with Gasteiger partial charge in [-0.3, -0.25) is 14.6 Å². The van der Waals surface area contributed by atoms with E-state index in [1.54, 1.807) is 31.7 Å². The Hall–Kier alpha value is -3.35. The van der Waals surface area contributed by atoms with Crippen LogP contribution in [0, 0.1) is 11.2 Å². The summed E-state index contributed by atoms with van der Waals surface area (Å²) < 4.78 is 30.9. The van der Waals surface area contributed by atoms with Crippen LogP contribution in [0.15, 0.2) is 46.5 Å². The van der Waals surface area contributed by atoms with Gasteiger partial charge in [0.1, 0.15) is 29.1 Å². The summed E-state index contributed by atoms with van der Waals surface area (Å²) in [6, 6.07) is 5.21. The van der Waals surface area contributed by atoms with Crippen LogP contribution in [0.5, 0.6) is 0 Å². The lowest BCUT2D eigenvalue weighted by Crippen LogP contribution is -2.36. The van der Waals surface area contributed by atoms with E-state index in [0.29, 0.717) is 42.6 Å². The molecule has 3 heterocycles. The Labute approximate surface area is 226 Å². The number of rotatable bonds is 5. The number of carbonyl (C=O) groups excluding carboxylic acids is 3. The highest BCUT2D eigenvalue weighted by atomic mass is 35.5. The molecule has 1 unspecified atom stereocenters. The molecule has 0 fully saturated rings. The molecule has 38 heavy (non-hydrogen) atoms. The first-order valence-corrected chi connectivity index (χ1v) is 13.2. The molecule has 0 saturated carbocycles. The average molecular weight is 564 g/mol. The van der Waals surface area contributed by atoms with Crippen molar-refractivity contribution in [3.8, 4) is 0 Å². The van der Waals surface area contributed by atoms with Gasteiger partial charge in [0.2, 0.25) is 5.91 Å². The summed E-state index contributed by atoms with van der Waals surface area (Å²) in [4.78, 5) is 45.1. The van der Waals surface area contributed by atoms with E-state index in [2.05, 4.69) is 10.3 Å². The Balaban J connectivity index is 1.33. The third-order valence-corrected chi connectivity index (χ3v) is 7.14. The first-order valence-electron chi connectivity index (χ1n) is 11.7. The zero-order valence-corrected chi connectivity index (χ0v) is 22.6. The number of nitrogens with one attached hydrogen (secondary N) is 1. The Bertz CT molecular complexity index is 1360. The molecule has 202 valence electrons. The summed E-state index contributed by atoms with van der Waals surface area (Å²) >= 11 is 6.04. The van der Waals surface area contributed by atoms with Crippen LogP contribution in [0.2, 0.25) is 5.02 Å². The van der Waals surface area contributed by atoms with Crippen molar-refractivity contribution >= 4 is 46.2 Å². The molecule has 3 amide bonds. The summed E-state index contributed by atoms with van der Waals surface area (Å²) in [5.74, 6) is -1.41. The van der Waals surface area contributed by atoms with E-state index in [4.69, 9.17) is 21.5 Å². The molecule has 13 heteroatoms. The lowest BCUT2D eigenvalue weighted by Gasteiger charge is -2.23. The van der Waals surface area contributed by atoms with Crippen molar-refractivity contribution in [2.45, 2.75) is 32.3 Å². The highest BCUT2D eigenvalue weighted by Gasteiger charge is 2.35. The number of nitrogens with zero attached hydrogens (tertiary/aromatic N) is 3. The highest BCUT2D eigenvalue weighted by Crippen LogP contribution is 2.28. The topological polar surface area (TPSA) is 135 Å². The second kappa shape index (κ2) is 10.8. The standard InChI is InChI=1S/C25H27ClFN5O5S/c1-25(2,3)23(34)30-19-7-17(26)8-29-20(19)13-37-24(35)32-11-15-9-31(10-16(15)12-32)22(33)14-4-5-21(38(28)36)18(27)6-14/h4-8H,9-13,28H2,1-3H3,(H,30,34). The van der Waals surface area contributed by atoms with E-state index in [1.807, 2.05) is 0 Å². The lowest BCUT2D eigenvalue weighted by atomic mass is 9.95. The van der Waals surface area contributed by atoms with Crippen molar-refractivity contribution in [3.05, 3.63) is 63.7 Å². The molecule has 0 aliphatic carbocycles. The molecule has 2 aromatic rings. The quantitative estimate of drug-likeness (QED) is 0.536. The number of halogens is 2. The van der Waals surface area contributed by atoms with Crippen molar-refractivity contribution in [2.24, 2.45) is 10.6 Å². The minimum atomic E-state index is -1.99. The van der Waals surface area contributed by atoms with Crippen molar-refractivity contribution in [3.63, 3.8) is 0 Å². The summed E-state index contributed by atoms with van der Waals surface area (Å²) in [5.41, 5.74) is 2.03. The predicted molar refractivity (Wildman–Crippen MR) is 139 cm³/mol. The van der Waals surface area contributed by atoms with Gasteiger partial charge in [-0.1, -0.05) is 32.4 Å². The molecule has 0 radical (unpaired) electrons. The van der Waals surface area contributed by atoms with E-state index in [9.17, 15) is 23.0 Å². The Morgan fingerprint density at radius 1 is 1.13 bits per heavy atom. The molecule has 2 aliphatic heterocycles. The van der Waals surface area contributed by atoms with Gasteiger partial charge in [0, 0.05) is 43.4 Å². The number of pyridine rings is 1. The lowest BCUT2D eigenvalue weighted by molar-refractivity contribution is -0.123. The fourth-order valence-electron chi connectivity index (χ4n) is 4.05. The maximum absolute atomic E-state index is 14.1. The van der Waals surface area contributed by atoms with Crippen LogP contribution in [0.4, 0.5) is 14.9 Å². The number of hydrogen-bond donors (Lipinski definition) is 2. The summed E-state index contributed by atoms with van der Waals surface area (Å²) in [5, 5.41) is 8.33. The number of aromatic nitrogens is 1. The highest BCUT2D eigenvalue weighted by molar-refractivity contribution is 7.82. The van der Waals surface area contributed by atoms with Crippen molar-refractivity contribution in [2.75, 3.05) is 31.5 Å². The normalized spacial score (nSPS) is 15.9. The maximum atomic E-state index is 14.1. The number of ether oxygens (including phenoxy) is 1. The molecule has 2 aliphatic rings. The van der Waals surface area contributed by atoms with Gasteiger partial charge in [-0.15, -0.1) is 0 Å².